The van der Waals surface area contributed by atoms with Gasteiger partial charge in [0, 0.05) is 38.3 Å². The summed E-state index contributed by atoms with van der Waals surface area (Å²) in [5, 5.41) is 12.3. The SMILES string of the molecule is C[C@H](Oc1nc(/C(N)=N/O)cc(N2CCCN(C(=O)OC(C)(C)C)CC2)n1)[C@@H]1CCCN1C. The Labute approximate surface area is 195 Å². The van der Waals surface area contributed by atoms with Crippen molar-refractivity contribution < 1.29 is 19.5 Å². The molecule has 3 N–H and O–H groups in total. The molecule has 3 heterocycles. The van der Waals surface area contributed by atoms with Crippen LogP contribution in [0.15, 0.2) is 11.2 Å². The van der Waals surface area contributed by atoms with Gasteiger partial charge >= 0.3 is 12.1 Å². The number of likely N-dealkylation sites (N-methyl/N-ethyl adjacent to an activating group) is 1. The second-order valence-corrected chi connectivity index (χ2v) is 9.70. The number of nitrogens with two attached hydrogens (primary N) is 1. The number of rotatable bonds is 5. The van der Waals surface area contributed by atoms with Crippen LogP contribution in [-0.2, 0) is 4.74 Å². The highest BCUT2D eigenvalue weighted by Gasteiger charge is 2.29. The molecule has 2 aliphatic rings. The maximum Gasteiger partial charge on any atom is 0.410 e. The zero-order valence-corrected chi connectivity index (χ0v) is 20.3. The summed E-state index contributed by atoms with van der Waals surface area (Å²) in [5.74, 6) is 0.499. The summed E-state index contributed by atoms with van der Waals surface area (Å²) in [6.45, 7) is 11.0. The van der Waals surface area contributed by atoms with Crippen molar-refractivity contribution in [1.29, 1.82) is 0 Å². The fraction of sp³-hybridized carbons (Fsp3) is 0.727. The van der Waals surface area contributed by atoms with E-state index in [0.29, 0.717) is 32.0 Å². The number of aromatic nitrogens is 2. The summed E-state index contributed by atoms with van der Waals surface area (Å²) >= 11 is 0. The van der Waals surface area contributed by atoms with Crippen LogP contribution in [0.5, 0.6) is 6.01 Å². The van der Waals surface area contributed by atoms with Crippen LogP contribution in [0.1, 0.15) is 52.7 Å². The van der Waals surface area contributed by atoms with Gasteiger partial charge in [0.05, 0.1) is 0 Å². The van der Waals surface area contributed by atoms with Gasteiger partial charge in [-0.1, -0.05) is 5.16 Å². The molecule has 0 radical (unpaired) electrons. The number of hydrogen-bond acceptors (Lipinski definition) is 9. The number of hydrogen-bond donors (Lipinski definition) is 2. The van der Waals surface area contributed by atoms with Crippen molar-refractivity contribution >= 4 is 17.7 Å². The first-order valence-electron chi connectivity index (χ1n) is 11.5. The zero-order chi connectivity index (χ0) is 24.2. The number of amides is 1. The Balaban J connectivity index is 1.77. The molecule has 0 unspecified atom stereocenters. The molecule has 11 heteroatoms. The lowest BCUT2D eigenvalue weighted by Gasteiger charge is -2.27. The first-order valence-corrected chi connectivity index (χ1v) is 11.5. The van der Waals surface area contributed by atoms with Crippen LogP contribution in [0.2, 0.25) is 0 Å². The average Bonchev–Trinajstić information content (AvgIpc) is 3.03. The molecule has 1 aromatic heterocycles. The molecule has 0 aromatic carbocycles. The van der Waals surface area contributed by atoms with Gasteiger partial charge in [0.1, 0.15) is 23.2 Å². The summed E-state index contributed by atoms with van der Waals surface area (Å²) in [5.41, 5.74) is 5.60. The molecule has 0 bridgehead atoms. The minimum absolute atomic E-state index is 0.111. The Morgan fingerprint density at radius 1 is 1.21 bits per heavy atom. The van der Waals surface area contributed by atoms with Crippen molar-refractivity contribution in [2.75, 3.05) is 44.7 Å². The topological polar surface area (TPSA) is 130 Å². The van der Waals surface area contributed by atoms with Gasteiger partial charge in [-0.2, -0.15) is 9.97 Å². The van der Waals surface area contributed by atoms with E-state index < -0.39 is 5.60 Å². The molecule has 0 spiro atoms. The molecule has 1 amide bonds. The number of nitrogens with zero attached hydrogens (tertiary/aromatic N) is 6. The van der Waals surface area contributed by atoms with Crippen LogP contribution >= 0.6 is 0 Å². The molecule has 2 fully saturated rings. The molecule has 33 heavy (non-hydrogen) atoms. The van der Waals surface area contributed by atoms with Gasteiger partial charge in [-0.3, -0.25) is 4.90 Å². The number of ether oxygens (including phenoxy) is 2. The molecule has 184 valence electrons. The van der Waals surface area contributed by atoms with Gasteiger partial charge in [-0.05, 0) is 60.5 Å². The summed E-state index contributed by atoms with van der Waals surface area (Å²) in [7, 11) is 2.09. The first-order chi connectivity index (χ1) is 15.6. The normalized spacial score (nSPS) is 21.6. The molecule has 2 aliphatic heterocycles. The predicted molar refractivity (Wildman–Crippen MR) is 125 cm³/mol. The molecule has 2 saturated heterocycles. The van der Waals surface area contributed by atoms with Crippen molar-refractivity contribution in [2.24, 2.45) is 10.9 Å². The highest BCUT2D eigenvalue weighted by Crippen LogP contribution is 2.24. The van der Waals surface area contributed by atoms with E-state index in [1.165, 1.54) is 0 Å². The van der Waals surface area contributed by atoms with E-state index in [1.807, 2.05) is 27.7 Å². The van der Waals surface area contributed by atoms with Crippen molar-refractivity contribution in [2.45, 2.75) is 64.7 Å². The van der Waals surface area contributed by atoms with Crippen LogP contribution in [0.3, 0.4) is 0 Å². The highest BCUT2D eigenvalue weighted by molar-refractivity contribution is 5.95. The summed E-state index contributed by atoms with van der Waals surface area (Å²) < 4.78 is 11.6. The molecular formula is C22H37N7O4. The van der Waals surface area contributed by atoms with Gasteiger partial charge in [0.15, 0.2) is 5.84 Å². The quantitative estimate of drug-likeness (QED) is 0.291. The lowest BCUT2D eigenvalue weighted by molar-refractivity contribution is 0.0263. The number of amidine groups is 1. The highest BCUT2D eigenvalue weighted by atomic mass is 16.6. The van der Waals surface area contributed by atoms with Gasteiger partial charge in [0.25, 0.3) is 0 Å². The third-order valence-electron chi connectivity index (χ3n) is 5.94. The lowest BCUT2D eigenvalue weighted by atomic mass is 10.1. The maximum atomic E-state index is 12.5. The molecule has 1 aromatic rings. The van der Waals surface area contributed by atoms with Crippen LogP contribution in [0, 0.1) is 0 Å². The van der Waals surface area contributed by atoms with E-state index in [2.05, 4.69) is 32.0 Å². The van der Waals surface area contributed by atoms with Gasteiger partial charge < -0.3 is 30.2 Å². The van der Waals surface area contributed by atoms with Gasteiger partial charge in [-0.15, -0.1) is 0 Å². The summed E-state index contributed by atoms with van der Waals surface area (Å²) in [6, 6.07) is 2.15. The van der Waals surface area contributed by atoms with Crippen molar-refractivity contribution in [3.8, 4) is 6.01 Å². The van der Waals surface area contributed by atoms with E-state index >= 15 is 0 Å². The summed E-state index contributed by atoms with van der Waals surface area (Å²) in [6.07, 6.45) is 2.51. The Morgan fingerprint density at radius 3 is 2.61 bits per heavy atom. The molecule has 0 saturated carbocycles. The predicted octanol–water partition coefficient (Wildman–Crippen LogP) is 1.88. The summed E-state index contributed by atoms with van der Waals surface area (Å²) in [4.78, 5) is 27.5. The molecule has 2 atom stereocenters. The molecule has 3 rings (SSSR count). The number of oxime groups is 1. The maximum absolute atomic E-state index is 12.5. The van der Waals surface area contributed by atoms with Gasteiger partial charge in [-0.25, -0.2) is 4.79 Å². The average molecular weight is 464 g/mol. The fourth-order valence-corrected chi connectivity index (χ4v) is 4.24. The third-order valence-corrected chi connectivity index (χ3v) is 5.94. The second kappa shape index (κ2) is 10.4. The Morgan fingerprint density at radius 2 is 1.97 bits per heavy atom. The molecular weight excluding hydrogens is 426 g/mol. The first kappa shape index (κ1) is 24.8. The van der Waals surface area contributed by atoms with E-state index in [1.54, 1.807) is 11.0 Å². The van der Waals surface area contributed by atoms with Crippen molar-refractivity contribution in [3.05, 3.63) is 11.8 Å². The van der Waals surface area contributed by atoms with Crippen molar-refractivity contribution in [3.63, 3.8) is 0 Å². The Kier molecular flexibility index (Phi) is 7.83. The largest absolute Gasteiger partial charge is 0.459 e. The number of anilines is 1. The van der Waals surface area contributed by atoms with Gasteiger partial charge in [0.2, 0.25) is 0 Å². The monoisotopic (exact) mass is 463 g/mol. The molecule has 11 nitrogen and oxygen atoms in total. The van der Waals surface area contributed by atoms with Crippen LogP contribution < -0.4 is 15.4 Å². The number of carbonyl (C=O) groups excluding carboxylic acids is 1. The fourth-order valence-electron chi connectivity index (χ4n) is 4.24. The molecule has 0 aliphatic carbocycles. The standard InChI is InChI=1S/C22H37N7O4/c1-15(17-8-6-9-27(17)5)32-20-24-16(19(23)26-31)14-18(25-20)28-10-7-11-29(13-12-28)21(30)33-22(2,3)4/h14-15,17,31H,6-13H2,1-5H3,(H2,23,26)/t15-,17-/m0/s1. The van der Waals surface area contributed by atoms with E-state index in [9.17, 15) is 10.0 Å². The van der Waals surface area contributed by atoms with Crippen LogP contribution in [0.25, 0.3) is 0 Å². The Hall–Kier alpha value is -2.82. The van der Waals surface area contributed by atoms with Crippen LogP contribution in [-0.4, -0.2) is 94.4 Å². The van der Waals surface area contributed by atoms with E-state index in [-0.39, 0.29) is 35.8 Å². The van der Waals surface area contributed by atoms with Crippen LogP contribution in [0.4, 0.5) is 10.6 Å². The van der Waals surface area contributed by atoms with E-state index in [0.717, 1.165) is 25.8 Å². The zero-order valence-electron chi connectivity index (χ0n) is 20.3. The van der Waals surface area contributed by atoms with Crippen molar-refractivity contribution in [1.82, 2.24) is 19.8 Å². The van der Waals surface area contributed by atoms with E-state index in [4.69, 9.17) is 15.2 Å². The Bertz CT molecular complexity index is 858. The third kappa shape index (κ3) is 6.59. The number of likely N-dealkylation sites (tertiary alicyclic amines) is 1. The smallest absolute Gasteiger partial charge is 0.410 e. The number of carbonyl (C=O) groups is 1. The second-order valence-electron chi connectivity index (χ2n) is 9.70. The lowest BCUT2D eigenvalue weighted by Crippen LogP contribution is -2.39. The minimum atomic E-state index is -0.540. The minimum Gasteiger partial charge on any atom is -0.459 e.